The zero-order valence-corrected chi connectivity index (χ0v) is 12.7. The Bertz CT molecular complexity index is 429. The average Bonchev–Trinajstić information content (AvgIpc) is 2.88. The predicted octanol–water partition coefficient (Wildman–Crippen LogP) is 0.718. The molecule has 118 valence electrons. The highest BCUT2D eigenvalue weighted by Crippen LogP contribution is 2.38. The topological polar surface area (TPSA) is 86.7 Å². The molecule has 0 aromatic heterocycles. The number of carboxylic acid groups (broad SMARTS) is 1. The van der Waals surface area contributed by atoms with E-state index in [1.54, 1.807) is 11.9 Å². The summed E-state index contributed by atoms with van der Waals surface area (Å²) in [7, 11) is 1.62. The highest BCUT2D eigenvalue weighted by Gasteiger charge is 2.43. The third-order valence-electron chi connectivity index (χ3n) is 4.86. The first-order chi connectivity index (χ1) is 9.93. The molecule has 2 fully saturated rings. The fourth-order valence-corrected chi connectivity index (χ4v) is 3.64. The van der Waals surface area contributed by atoms with Gasteiger partial charge in [0.25, 0.3) is 0 Å². The number of nitrogens with zero attached hydrogens (tertiary/aromatic N) is 1. The molecule has 2 rings (SSSR count). The number of hydrogen-bond acceptors (Lipinski definition) is 3. The van der Waals surface area contributed by atoms with Crippen LogP contribution in [0.1, 0.15) is 32.6 Å². The van der Waals surface area contributed by atoms with Crippen LogP contribution >= 0.6 is 0 Å². The second-order valence-corrected chi connectivity index (χ2v) is 6.34. The molecule has 2 aliphatic rings. The minimum absolute atomic E-state index is 0.0278. The number of rotatable bonds is 3. The van der Waals surface area contributed by atoms with Gasteiger partial charge in [-0.3, -0.25) is 14.4 Å². The van der Waals surface area contributed by atoms with Crippen LogP contribution in [0.15, 0.2) is 0 Å². The van der Waals surface area contributed by atoms with E-state index in [0.29, 0.717) is 38.8 Å². The molecule has 21 heavy (non-hydrogen) atoms. The van der Waals surface area contributed by atoms with Crippen molar-refractivity contribution in [3.8, 4) is 0 Å². The van der Waals surface area contributed by atoms with E-state index in [-0.39, 0.29) is 23.7 Å². The number of aliphatic carboxylic acids is 1. The smallest absolute Gasteiger partial charge is 0.307 e. The zero-order chi connectivity index (χ0) is 15.6. The third-order valence-corrected chi connectivity index (χ3v) is 4.86. The molecule has 1 saturated heterocycles. The molecular formula is C15H24N2O4. The summed E-state index contributed by atoms with van der Waals surface area (Å²) in [5, 5.41) is 11.9. The summed E-state index contributed by atoms with van der Waals surface area (Å²) < 4.78 is 0. The Kier molecular flexibility index (Phi) is 4.85. The first-order valence-corrected chi connectivity index (χ1v) is 7.67. The lowest BCUT2D eigenvalue weighted by Crippen LogP contribution is -2.45. The van der Waals surface area contributed by atoms with Gasteiger partial charge in [0.2, 0.25) is 11.8 Å². The van der Waals surface area contributed by atoms with Crippen LogP contribution < -0.4 is 5.32 Å². The van der Waals surface area contributed by atoms with Crippen LogP contribution in [-0.4, -0.2) is 47.9 Å². The molecule has 1 aliphatic carbocycles. The summed E-state index contributed by atoms with van der Waals surface area (Å²) in [6.07, 6.45) is 2.56. The van der Waals surface area contributed by atoms with Gasteiger partial charge in [0.1, 0.15) is 0 Å². The number of hydrogen-bond donors (Lipinski definition) is 2. The van der Waals surface area contributed by atoms with Crippen molar-refractivity contribution in [2.45, 2.75) is 32.6 Å². The van der Waals surface area contributed by atoms with Gasteiger partial charge in [-0.2, -0.15) is 0 Å². The van der Waals surface area contributed by atoms with E-state index in [9.17, 15) is 19.5 Å². The van der Waals surface area contributed by atoms with E-state index in [1.807, 2.05) is 6.92 Å². The normalized spacial score (nSPS) is 30.2. The van der Waals surface area contributed by atoms with Gasteiger partial charge in [-0.05, 0) is 31.6 Å². The van der Waals surface area contributed by atoms with E-state index in [0.717, 1.165) is 0 Å². The maximum absolute atomic E-state index is 12.6. The summed E-state index contributed by atoms with van der Waals surface area (Å²) >= 11 is 0. The molecule has 0 aromatic carbocycles. The second-order valence-electron chi connectivity index (χ2n) is 6.34. The minimum atomic E-state index is -0.863. The number of carboxylic acids is 1. The number of carbonyl (C=O) groups excluding carboxylic acids is 2. The molecule has 0 spiro atoms. The minimum Gasteiger partial charge on any atom is -0.481 e. The van der Waals surface area contributed by atoms with Gasteiger partial charge in [0, 0.05) is 26.1 Å². The van der Waals surface area contributed by atoms with Crippen LogP contribution in [0.3, 0.4) is 0 Å². The Morgan fingerprint density at radius 1 is 1.10 bits per heavy atom. The van der Waals surface area contributed by atoms with Crippen LogP contribution in [0.4, 0.5) is 0 Å². The Balaban J connectivity index is 1.95. The summed E-state index contributed by atoms with van der Waals surface area (Å²) in [5.74, 6) is -1.57. The Morgan fingerprint density at radius 2 is 1.67 bits per heavy atom. The summed E-state index contributed by atoms with van der Waals surface area (Å²) in [6, 6.07) is 0. The fraction of sp³-hybridized carbons (Fsp3) is 0.800. The van der Waals surface area contributed by atoms with Gasteiger partial charge in [0.15, 0.2) is 0 Å². The quantitative estimate of drug-likeness (QED) is 0.803. The molecule has 1 saturated carbocycles. The summed E-state index contributed by atoms with van der Waals surface area (Å²) in [5.41, 5.74) is 0. The van der Waals surface area contributed by atoms with Gasteiger partial charge in [0.05, 0.1) is 11.8 Å². The van der Waals surface area contributed by atoms with E-state index < -0.39 is 17.8 Å². The van der Waals surface area contributed by atoms with E-state index in [1.165, 1.54) is 0 Å². The van der Waals surface area contributed by atoms with Gasteiger partial charge >= 0.3 is 5.97 Å². The molecule has 2 amide bonds. The number of carbonyl (C=O) groups is 3. The van der Waals surface area contributed by atoms with Crippen molar-refractivity contribution in [3.63, 3.8) is 0 Å². The predicted molar refractivity (Wildman–Crippen MR) is 76.4 cm³/mol. The lowest BCUT2D eigenvalue weighted by atomic mass is 9.91. The number of likely N-dealkylation sites (tertiary alicyclic amines) is 1. The van der Waals surface area contributed by atoms with Crippen molar-refractivity contribution in [1.82, 2.24) is 10.2 Å². The largest absolute Gasteiger partial charge is 0.481 e. The maximum Gasteiger partial charge on any atom is 0.307 e. The molecule has 1 aliphatic heterocycles. The third kappa shape index (κ3) is 3.36. The first-order valence-electron chi connectivity index (χ1n) is 7.67. The van der Waals surface area contributed by atoms with E-state index >= 15 is 0 Å². The van der Waals surface area contributed by atoms with Gasteiger partial charge in [-0.1, -0.05) is 6.92 Å². The number of amides is 2. The molecule has 3 atom stereocenters. The molecule has 0 bridgehead atoms. The van der Waals surface area contributed by atoms with Crippen molar-refractivity contribution in [1.29, 1.82) is 0 Å². The second kappa shape index (κ2) is 6.45. The van der Waals surface area contributed by atoms with Gasteiger partial charge in [-0.25, -0.2) is 0 Å². The SMILES string of the molecule is CNC(=O)C1CCN(C(=O)C2CC(C)CC2C(=O)O)CC1. The van der Waals surface area contributed by atoms with Crippen LogP contribution in [0.5, 0.6) is 0 Å². The molecule has 3 unspecified atom stereocenters. The van der Waals surface area contributed by atoms with Crippen LogP contribution in [0.25, 0.3) is 0 Å². The van der Waals surface area contributed by atoms with Crippen LogP contribution in [0, 0.1) is 23.7 Å². The molecule has 0 radical (unpaired) electrons. The van der Waals surface area contributed by atoms with Crippen molar-refractivity contribution >= 4 is 17.8 Å². The maximum atomic E-state index is 12.6. The monoisotopic (exact) mass is 296 g/mol. The number of piperidine rings is 1. The molecule has 2 N–H and O–H groups in total. The Hall–Kier alpha value is -1.59. The van der Waals surface area contributed by atoms with E-state index in [2.05, 4.69) is 5.32 Å². The highest BCUT2D eigenvalue weighted by atomic mass is 16.4. The zero-order valence-electron chi connectivity index (χ0n) is 12.7. The Morgan fingerprint density at radius 3 is 2.19 bits per heavy atom. The molecule has 0 aromatic rings. The van der Waals surface area contributed by atoms with Gasteiger partial charge < -0.3 is 15.3 Å². The Labute approximate surface area is 124 Å². The lowest BCUT2D eigenvalue weighted by molar-refractivity contribution is -0.149. The number of nitrogens with one attached hydrogen (secondary N) is 1. The van der Waals surface area contributed by atoms with Crippen molar-refractivity contribution in [2.24, 2.45) is 23.7 Å². The highest BCUT2D eigenvalue weighted by molar-refractivity contribution is 5.86. The molecule has 6 nitrogen and oxygen atoms in total. The van der Waals surface area contributed by atoms with Crippen molar-refractivity contribution in [2.75, 3.05) is 20.1 Å². The first kappa shape index (κ1) is 15.8. The summed E-state index contributed by atoms with van der Waals surface area (Å²) in [4.78, 5) is 37.2. The summed E-state index contributed by atoms with van der Waals surface area (Å²) in [6.45, 7) is 3.10. The van der Waals surface area contributed by atoms with Crippen molar-refractivity contribution < 1.29 is 19.5 Å². The van der Waals surface area contributed by atoms with Crippen molar-refractivity contribution in [3.05, 3.63) is 0 Å². The molecule has 6 heteroatoms. The lowest BCUT2D eigenvalue weighted by Gasteiger charge is -2.33. The average molecular weight is 296 g/mol. The van der Waals surface area contributed by atoms with Crippen LogP contribution in [0.2, 0.25) is 0 Å². The van der Waals surface area contributed by atoms with E-state index in [4.69, 9.17) is 0 Å². The van der Waals surface area contributed by atoms with Gasteiger partial charge in [-0.15, -0.1) is 0 Å². The standard InChI is InChI=1S/C15H24N2O4/c1-9-7-11(12(8-9)15(20)21)14(19)17-5-3-10(4-6-17)13(18)16-2/h9-12H,3-8H2,1-2H3,(H,16,18)(H,20,21). The van der Waals surface area contributed by atoms with Crippen LogP contribution in [-0.2, 0) is 14.4 Å². The molecular weight excluding hydrogens is 272 g/mol. The fourth-order valence-electron chi connectivity index (χ4n) is 3.64. The molecule has 1 heterocycles.